The standard InChI is InChI=1S/C28H24N2O5S/c1-15-12-16(2)23-21(13-15)36-28(29-23)30-24(18-6-5-7-20(14-18)35-4)22(26(32)27(30)33)25(31)17-8-10-19(34-3)11-9-17/h5-14,24,31H,1-4H3/t24-/m1/s1. The first kappa shape index (κ1) is 23.6. The normalized spacial score (nSPS) is 17.1. The van der Waals surface area contributed by atoms with Gasteiger partial charge in [0.25, 0.3) is 5.78 Å². The van der Waals surface area contributed by atoms with Crippen LogP contribution in [-0.2, 0) is 9.59 Å². The third kappa shape index (κ3) is 3.89. The van der Waals surface area contributed by atoms with Gasteiger partial charge in [0.15, 0.2) is 5.13 Å². The number of ketones is 1. The third-order valence-corrected chi connectivity index (χ3v) is 7.24. The van der Waals surface area contributed by atoms with Gasteiger partial charge in [-0.2, -0.15) is 0 Å². The number of aliphatic hydroxyl groups excluding tert-OH is 1. The van der Waals surface area contributed by atoms with Crippen LogP contribution in [0.5, 0.6) is 11.5 Å². The molecule has 0 saturated carbocycles. The second-order valence-corrected chi connectivity index (χ2v) is 9.61. The number of anilines is 1. The Labute approximate surface area is 212 Å². The van der Waals surface area contributed by atoms with Crippen molar-refractivity contribution >= 4 is 44.1 Å². The number of methoxy groups -OCH3 is 2. The first-order valence-corrected chi connectivity index (χ1v) is 12.1. The number of benzene rings is 3. The van der Waals surface area contributed by atoms with Gasteiger partial charge >= 0.3 is 5.91 Å². The Morgan fingerprint density at radius 2 is 1.69 bits per heavy atom. The van der Waals surface area contributed by atoms with Gasteiger partial charge in [0.1, 0.15) is 17.3 Å². The van der Waals surface area contributed by atoms with Crippen LogP contribution in [0.4, 0.5) is 5.13 Å². The average Bonchev–Trinajstić information content (AvgIpc) is 3.42. The van der Waals surface area contributed by atoms with E-state index in [9.17, 15) is 14.7 Å². The molecule has 1 saturated heterocycles. The lowest BCUT2D eigenvalue weighted by Crippen LogP contribution is -2.29. The minimum absolute atomic E-state index is 0.00872. The van der Waals surface area contributed by atoms with Crippen molar-refractivity contribution in [2.75, 3.05) is 19.1 Å². The Hall–Kier alpha value is -4.17. The highest BCUT2D eigenvalue weighted by Gasteiger charge is 2.48. The minimum atomic E-state index is -0.885. The maximum atomic E-state index is 13.5. The minimum Gasteiger partial charge on any atom is -0.507 e. The summed E-state index contributed by atoms with van der Waals surface area (Å²) < 4.78 is 11.5. The molecule has 1 amide bonds. The van der Waals surface area contributed by atoms with Crippen molar-refractivity contribution in [1.82, 2.24) is 4.98 Å². The predicted octanol–water partition coefficient (Wildman–Crippen LogP) is 5.56. The van der Waals surface area contributed by atoms with Crippen LogP contribution < -0.4 is 14.4 Å². The van der Waals surface area contributed by atoms with Gasteiger partial charge in [0.05, 0.1) is 36.1 Å². The Bertz CT molecular complexity index is 1540. The monoisotopic (exact) mass is 500 g/mol. The zero-order valence-corrected chi connectivity index (χ0v) is 21.1. The van der Waals surface area contributed by atoms with Crippen molar-refractivity contribution < 1.29 is 24.2 Å². The van der Waals surface area contributed by atoms with E-state index in [0.717, 1.165) is 21.3 Å². The predicted molar refractivity (Wildman–Crippen MR) is 140 cm³/mol. The fraction of sp³-hybridized carbons (Fsp3) is 0.179. The summed E-state index contributed by atoms with van der Waals surface area (Å²) in [6.45, 7) is 3.97. The lowest BCUT2D eigenvalue weighted by atomic mass is 9.95. The smallest absolute Gasteiger partial charge is 0.301 e. The summed E-state index contributed by atoms with van der Waals surface area (Å²) in [5, 5.41) is 11.7. The quantitative estimate of drug-likeness (QED) is 0.219. The van der Waals surface area contributed by atoms with E-state index < -0.39 is 17.7 Å². The molecule has 0 bridgehead atoms. The zero-order chi connectivity index (χ0) is 25.6. The highest BCUT2D eigenvalue weighted by molar-refractivity contribution is 7.22. The van der Waals surface area contributed by atoms with Crippen LogP contribution in [0, 0.1) is 13.8 Å². The van der Waals surface area contributed by atoms with E-state index in [1.165, 1.54) is 16.2 Å². The van der Waals surface area contributed by atoms with Crippen molar-refractivity contribution in [1.29, 1.82) is 0 Å². The number of nitrogens with zero attached hydrogens (tertiary/aromatic N) is 2. The highest BCUT2D eigenvalue weighted by Crippen LogP contribution is 2.45. The van der Waals surface area contributed by atoms with Crippen molar-refractivity contribution in [3.8, 4) is 11.5 Å². The number of carbonyl (C=O) groups is 2. The van der Waals surface area contributed by atoms with E-state index in [1.807, 2.05) is 26.0 Å². The third-order valence-electron chi connectivity index (χ3n) is 6.24. The van der Waals surface area contributed by atoms with Crippen molar-refractivity contribution in [3.63, 3.8) is 0 Å². The number of hydrogen-bond donors (Lipinski definition) is 1. The molecule has 0 unspecified atom stereocenters. The Balaban J connectivity index is 1.73. The molecule has 182 valence electrons. The summed E-state index contributed by atoms with van der Waals surface area (Å²) in [5.41, 5.74) is 3.86. The van der Waals surface area contributed by atoms with Crippen LogP contribution >= 0.6 is 11.3 Å². The number of hydrogen-bond acceptors (Lipinski definition) is 7. The summed E-state index contributed by atoms with van der Waals surface area (Å²) in [6.07, 6.45) is 0. The van der Waals surface area contributed by atoms with Crippen molar-refractivity contribution in [3.05, 3.63) is 88.5 Å². The van der Waals surface area contributed by atoms with Crippen LogP contribution in [0.15, 0.2) is 66.2 Å². The van der Waals surface area contributed by atoms with Crippen LogP contribution in [-0.4, -0.2) is 36.0 Å². The molecule has 8 heteroatoms. The summed E-state index contributed by atoms with van der Waals surface area (Å²) in [4.78, 5) is 33.0. The van der Waals surface area contributed by atoms with Crippen LogP contribution in [0.2, 0.25) is 0 Å². The van der Waals surface area contributed by atoms with Crippen LogP contribution in [0.25, 0.3) is 16.0 Å². The van der Waals surface area contributed by atoms with E-state index >= 15 is 0 Å². The van der Waals surface area contributed by atoms with Gasteiger partial charge in [-0.25, -0.2) is 4.98 Å². The number of Topliss-reactive ketones (excluding diaryl/α,β-unsaturated/α-hetero) is 1. The maximum absolute atomic E-state index is 13.5. The molecule has 3 aromatic carbocycles. The Kier molecular flexibility index (Phi) is 5.97. The van der Waals surface area contributed by atoms with Crippen molar-refractivity contribution in [2.45, 2.75) is 19.9 Å². The van der Waals surface area contributed by atoms with Gasteiger partial charge in [-0.3, -0.25) is 14.5 Å². The second kappa shape index (κ2) is 9.13. The molecule has 36 heavy (non-hydrogen) atoms. The lowest BCUT2D eigenvalue weighted by Gasteiger charge is -2.23. The first-order valence-electron chi connectivity index (χ1n) is 11.3. The molecule has 2 heterocycles. The number of amides is 1. The number of aromatic nitrogens is 1. The average molecular weight is 501 g/mol. The molecule has 4 aromatic rings. The Morgan fingerprint density at radius 3 is 2.39 bits per heavy atom. The van der Waals surface area contributed by atoms with Gasteiger partial charge in [0.2, 0.25) is 0 Å². The van der Waals surface area contributed by atoms with E-state index in [-0.39, 0.29) is 11.3 Å². The van der Waals surface area contributed by atoms with E-state index in [1.54, 1.807) is 62.8 Å². The molecule has 1 aliphatic heterocycles. The Morgan fingerprint density at radius 1 is 0.972 bits per heavy atom. The number of carbonyl (C=O) groups excluding carboxylic acids is 2. The lowest BCUT2D eigenvalue weighted by molar-refractivity contribution is -0.132. The molecule has 1 aliphatic rings. The number of thiazole rings is 1. The molecular weight excluding hydrogens is 476 g/mol. The molecule has 0 spiro atoms. The molecular formula is C28H24N2O5S. The zero-order valence-electron chi connectivity index (χ0n) is 20.2. The summed E-state index contributed by atoms with van der Waals surface area (Å²) >= 11 is 1.34. The first-order chi connectivity index (χ1) is 17.3. The summed E-state index contributed by atoms with van der Waals surface area (Å²) in [5.74, 6) is -0.608. The topological polar surface area (TPSA) is 89.0 Å². The second-order valence-electron chi connectivity index (χ2n) is 8.60. The molecule has 0 radical (unpaired) electrons. The van der Waals surface area contributed by atoms with Crippen molar-refractivity contribution in [2.24, 2.45) is 0 Å². The number of aryl methyl sites for hydroxylation is 2. The van der Waals surface area contributed by atoms with Gasteiger partial charge < -0.3 is 14.6 Å². The summed E-state index contributed by atoms with van der Waals surface area (Å²) in [6, 6.07) is 16.9. The van der Waals surface area contributed by atoms with E-state index in [2.05, 4.69) is 0 Å². The summed E-state index contributed by atoms with van der Waals surface area (Å²) in [7, 11) is 3.09. The highest BCUT2D eigenvalue weighted by atomic mass is 32.1. The molecule has 1 N–H and O–H groups in total. The number of ether oxygens (including phenoxy) is 2. The molecule has 1 fully saturated rings. The van der Waals surface area contributed by atoms with Crippen LogP contribution in [0.1, 0.15) is 28.3 Å². The fourth-order valence-corrected chi connectivity index (χ4v) is 5.69. The van der Waals surface area contributed by atoms with E-state index in [4.69, 9.17) is 14.5 Å². The molecule has 7 nitrogen and oxygen atoms in total. The van der Waals surface area contributed by atoms with Crippen LogP contribution in [0.3, 0.4) is 0 Å². The van der Waals surface area contributed by atoms with Gasteiger partial charge in [-0.15, -0.1) is 0 Å². The molecule has 1 atom stereocenters. The molecule has 0 aliphatic carbocycles. The van der Waals surface area contributed by atoms with Gasteiger partial charge in [-0.1, -0.05) is 29.5 Å². The van der Waals surface area contributed by atoms with E-state index in [0.29, 0.717) is 27.8 Å². The number of rotatable bonds is 5. The largest absolute Gasteiger partial charge is 0.507 e. The fourth-order valence-electron chi connectivity index (χ4n) is 4.52. The number of aliphatic hydroxyl groups is 1. The molecule has 5 rings (SSSR count). The maximum Gasteiger partial charge on any atom is 0.301 e. The molecule has 1 aromatic heterocycles. The van der Waals surface area contributed by atoms with Gasteiger partial charge in [0, 0.05) is 5.56 Å². The number of fused-ring (bicyclic) bond motifs is 1. The SMILES string of the molecule is COc1ccc(C(O)=C2C(=O)C(=O)N(c3nc4c(C)cc(C)cc4s3)[C@@H]2c2cccc(OC)c2)cc1. The van der Waals surface area contributed by atoms with Gasteiger partial charge in [-0.05, 0) is 73.0 Å².